The van der Waals surface area contributed by atoms with E-state index in [0.717, 1.165) is 63.5 Å². The first kappa shape index (κ1) is 23.4. The highest BCUT2D eigenvalue weighted by atomic mass is 16.3. The first-order chi connectivity index (χ1) is 18.0. The van der Waals surface area contributed by atoms with Crippen molar-refractivity contribution in [2.45, 2.75) is 45.8 Å². The summed E-state index contributed by atoms with van der Waals surface area (Å²) in [6, 6.07) is 10.3. The first-order valence-corrected chi connectivity index (χ1v) is 13.0. The zero-order valence-corrected chi connectivity index (χ0v) is 21.2. The lowest BCUT2D eigenvalue weighted by Gasteiger charge is -2.28. The molecule has 0 bridgehead atoms. The topological polar surface area (TPSA) is 119 Å². The van der Waals surface area contributed by atoms with E-state index < -0.39 is 6.23 Å². The smallest absolute Gasteiger partial charge is 0.159 e. The highest BCUT2D eigenvalue weighted by Gasteiger charge is 2.19. The maximum absolute atomic E-state index is 10.3. The van der Waals surface area contributed by atoms with E-state index in [1.807, 2.05) is 12.1 Å². The number of nitrogens with zero attached hydrogens (tertiary/aromatic N) is 5. The van der Waals surface area contributed by atoms with Crippen LogP contribution in [0.3, 0.4) is 0 Å². The lowest BCUT2D eigenvalue weighted by atomic mass is 10.1. The van der Waals surface area contributed by atoms with Crippen molar-refractivity contribution in [1.82, 2.24) is 30.1 Å². The van der Waals surface area contributed by atoms with Crippen LogP contribution in [0.2, 0.25) is 0 Å². The molecule has 0 spiro atoms. The van der Waals surface area contributed by atoms with Gasteiger partial charge in [-0.05, 0) is 55.9 Å². The predicted molar refractivity (Wildman–Crippen MR) is 147 cm³/mol. The number of benzene rings is 1. The summed E-state index contributed by atoms with van der Waals surface area (Å²) in [5.41, 5.74) is 7.14. The molecule has 5 aromatic rings. The molecule has 1 saturated heterocycles. The van der Waals surface area contributed by atoms with E-state index in [-0.39, 0.29) is 0 Å². The van der Waals surface area contributed by atoms with E-state index in [9.17, 15) is 5.11 Å². The number of fused-ring (bicyclic) bond motifs is 2. The highest BCUT2D eigenvalue weighted by molar-refractivity contribution is 5.96. The van der Waals surface area contributed by atoms with Crippen molar-refractivity contribution in [3.8, 4) is 22.8 Å². The molecule has 1 atom stereocenters. The van der Waals surface area contributed by atoms with E-state index in [0.29, 0.717) is 12.3 Å². The van der Waals surface area contributed by atoms with Crippen molar-refractivity contribution in [3.05, 3.63) is 48.9 Å². The summed E-state index contributed by atoms with van der Waals surface area (Å²) < 4.78 is 0. The van der Waals surface area contributed by atoms with Crippen LogP contribution in [0, 0.1) is 5.92 Å². The van der Waals surface area contributed by atoms with E-state index in [1.165, 1.54) is 24.9 Å². The van der Waals surface area contributed by atoms with E-state index >= 15 is 0 Å². The predicted octanol–water partition coefficient (Wildman–Crippen LogP) is 5.33. The number of nitrogens with one attached hydrogen (secondary N) is 3. The molecule has 5 heterocycles. The van der Waals surface area contributed by atoms with Gasteiger partial charge in [-0.25, -0.2) is 4.98 Å². The van der Waals surface area contributed by atoms with Crippen molar-refractivity contribution >= 4 is 33.3 Å². The number of hydrogen-bond donors (Lipinski definition) is 4. The Labute approximate surface area is 215 Å². The molecule has 0 aliphatic carbocycles. The molecule has 37 heavy (non-hydrogen) atoms. The Hall–Kier alpha value is -3.98. The number of pyridine rings is 2. The van der Waals surface area contributed by atoms with Gasteiger partial charge in [0.15, 0.2) is 5.82 Å². The number of rotatable bonds is 7. The van der Waals surface area contributed by atoms with Gasteiger partial charge in [0.2, 0.25) is 0 Å². The van der Waals surface area contributed by atoms with E-state index in [2.05, 4.69) is 67.4 Å². The van der Waals surface area contributed by atoms with Crippen molar-refractivity contribution in [1.29, 1.82) is 0 Å². The zero-order chi connectivity index (χ0) is 25.4. The number of para-hydroxylation sites is 1. The Balaban J connectivity index is 1.34. The van der Waals surface area contributed by atoms with Crippen LogP contribution in [0.15, 0.2) is 48.9 Å². The minimum Gasteiger partial charge on any atom is -0.374 e. The van der Waals surface area contributed by atoms with Crippen LogP contribution in [-0.2, 0) is 0 Å². The molecule has 1 fully saturated rings. The number of aromatic nitrogens is 6. The third-order valence-corrected chi connectivity index (χ3v) is 6.92. The minimum atomic E-state index is -0.629. The number of aromatic amines is 2. The molecule has 4 N–H and O–H groups in total. The van der Waals surface area contributed by atoms with Crippen LogP contribution < -0.4 is 10.2 Å². The maximum Gasteiger partial charge on any atom is 0.159 e. The van der Waals surface area contributed by atoms with E-state index in [4.69, 9.17) is 4.98 Å². The minimum absolute atomic E-state index is 0.386. The van der Waals surface area contributed by atoms with Gasteiger partial charge in [0.05, 0.1) is 40.5 Å². The number of piperidine rings is 1. The summed E-state index contributed by atoms with van der Waals surface area (Å²) in [5, 5.41) is 22.0. The van der Waals surface area contributed by atoms with Crippen LogP contribution in [-0.4, -0.2) is 54.6 Å². The molecule has 1 aliphatic rings. The second kappa shape index (κ2) is 9.82. The normalized spacial score (nSPS) is 15.1. The number of aliphatic hydroxyl groups excluding tert-OH is 1. The van der Waals surface area contributed by atoms with Crippen molar-refractivity contribution in [2.75, 3.05) is 23.3 Å². The Bertz CT molecular complexity index is 1530. The number of aliphatic hydroxyl groups is 1. The van der Waals surface area contributed by atoms with Crippen LogP contribution in [0.5, 0.6) is 0 Å². The van der Waals surface area contributed by atoms with Gasteiger partial charge in [0.1, 0.15) is 17.4 Å². The third kappa shape index (κ3) is 4.74. The molecule has 1 unspecified atom stereocenters. The fraction of sp³-hybridized carbons (Fsp3) is 0.357. The number of anilines is 2. The largest absolute Gasteiger partial charge is 0.374 e. The van der Waals surface area contributed by atoms with Gasteiger partial charge in [0, 0.05) is 30.2 Å². The van der Waals surface area contributed by atoms with Crippen molar-refractivity contribution in [2.24, 2.45) is 5.92 Å². The Morgan fingerprint density at radius 1 is 1.05 bits per heavy atom. The average molecular weight is 497 g/mol. The number of imidazole rings is 1. The van der Waals surface area contributed by atoms with Gasteiger partial charge in [-0.2, -0.15) is 5.10 Å². The molecule has 9 heteroatoms. The van der Waals surface area contributed by atoms with Crippen LogP contribution in [0.25, 0.3) is 44.7 Å². The number of H-pyrrole nitrogens is 2. The van der Waals surface area contributed by atoms with Gasteiger partial charge >= 0.3 is 0 Å². The molecule has 0 radical (unpaired) electrons. The van der Waals surface area contributed by atoms with Gasteiger partial charge in [0.25, 0.3) is 0 Å². The monoisotopic (exact) mass is 496 g/mol. The van der Waals surface area contributed by atoms with Gasteiger partial charge in [-0.3, -0.25) is 15.1 Å². The SMILES string of the molecule is CC(C)CC(O)Nc1cncc(-c2cc3c(-c4nc5c(N6CCCCC6)cccc5[nH]4)n[nH]c3cn2)c1. The Morgan fingerprint density at radius 2 is 1.92 bits per heavy atom. The van der Waals surface area contributed by atoms with Crippen LogP contribution in [0.4, 0.5) is 11.4 Å². The molecule has 6 rings (SSSR count). The average Bonchev–Trinajstić information content (AvgIpc) is 3.52. The third-order valence-electron chi connectivity index (χ3n) is 6.92. The summed E-state index contributed by atoms with van der Waals surface area (Å²) in [6.07, 6.45) is 9.03. The maximum atomic E-state index is 10.3. The molecular weight excluding hydrogens is 464 g/mol. The van der Waals surface area contributed by atoms with Crippen molar-refractivity contribution < 1.29 is 5.11 Å². The lowest BCUT2D eigenvalue weighted by Crippen LogP contribution is -2.29. The molecule has 9 nitrogen and oxygen atoms in total. The molecule has 1 aliphatic heterocycles. The van der Waals surface area contributed by atoms with Gasteiger partial charge in [-0.15, -0.1) is 0 Å². The van der Waals surface area contributed by atoms with Gasteiger partial charge in [-0.1, -0.05) is 19.9 Å². The summed E-state index contributed by atoms with van der Waals surface area (Å²) >= 11 is 0. The van der Waals surface area contributed by atoms with Crippen LogP contribution >= 0.6 is 0 Å². The van der Waals surface area contributed by atoms with Crippen molar-refractivity contribution in [3.63, 3.8) is 0 Å². The van der Waals surface area contributed by atoms with Crippen LogP contribution in [0.1, 0.15) is 39.5 Å². The fourth-order valence-electron chi connectivity index (χ4n) is 5.13. The van der Waals surface area contributed by atoms with Gasteiger partial charge < -0.3 is 20.3 Å². The molecule has 4 aromatic heterocycles. The molecule has 1 aromatic carbocycles. The molecular formula is C28H32N8O. The zero-order valence-electron chi connectivity index (χ0n) is 21.2. The molecule has 0 saturated carbocycles. The first-order valence-electron chi connectivity index (χ1n) is 13.0. The van der Waals surface area contributed by atoms with E-state index in [1.54, 1.807) is 18.6 Å². The second-order valence-electron chi connectivity index (χ2n) is 10.2. The Kier molecular flexibility index (Phi) is 6.21. The quantitative estimate of drug-likeness (QED) is 0.225. The molecule has 190 valence electrons. The standard InChI is InChI=1S/C28H32N8O/c1-17(2)11-25(37)31-19-12-18(14-29-15-19)22-13-20-23(16-30-22)34-35-26(20)28-32-21-7-6-8-24(27(21)33-28)36-9-4-3-5-10-36/h6-8,12-17,25,31,37H,3-5,9-11H2,1-2H3,(H,32,33)(H,34,35). The molecule has 0 amide bonds. The second-order valence-corrected chi connectivity index (χ2v) is 10.2. The lowest BCUT2D eigenvalue weighted by molar-refractivity contribution is 0.176. The Morgan fingerprint density at radius 3 is 2.76 bits per heavy atom. The highest BCUT2D eigenvalue weighted by Crippen LogP contribution is 2.33. The summed E-state index contributed by atoms with van der Waals surface area (Å²) in [5.74, 6) is 1.12. The number of hydrogen-bond acceptors (Lipinski definition) is 7. The summed E-state index contributed by atoms with van der Waals surface area (Å²) in [7, 11) is 0. The summed E-state index contributed by atoms with van der Waals surface area (Å²) in [6.45, 7) is 6.30. The fourth-order valence-corrected chi connectivity index (χ4v) is 5.13. The summed E-state index contributed by atoms with van der Waals surface area (Å²) in [4.78, 5) is 19.9.